The molecule has 0 unspecified atom stereocenters. The molecule has 1 fully saturated rings. The molecule has 0 radical (unpaired) electrons. The zero-order chi connectivity index (χ0) is 25.9. The first-order valence-electron chi connectivity index (χ1n) is 13.6. The predicted octanol–water partition coefficient (Wildman–Crippen LogP) is 10.4. The number of rotatable bonds is 5. The molecular weight excluding hydrogens is 427 g/mol. The van der Waals surface area contributed by atoms with Gasteiger partial charge in [0.15, 0.2) is 0 Å². The minimum absolute atomic E-state index is 0.320. The Bertz CT molecular complexity index is 1030. The molecule has 1 aliphatic rings. The first-order chi connectivity index (χ1) is 15.5. The molecule has 0 spiro atoms. The summed E-state index contributed by atoms with van der Waals surface area (Å²) in [5.41, 5.74) is 13.8. The van der Waals surface area contributed by atoms with Gasteiger partial charge in [-0.3, -0.25) is 0 Å². The quantitative estimate of drug-likeness (QED) is 0.375. The Balaban J connectivity index is 2.59. The molecule has 0 amide bonds. The van der Waals surface area contributed by atoms with Crippen molar-refractivity contribution in [1.29, 1.82) is 0 Å². The van der Waals surface area contributed by atoms with Crippen LogP contribution in [0.1, 0.15) is 139 Å². The first kappa shape index (κ1) is 27.5. The number of hydrogen-bond acceptors (Lipinski definition) is 0. The second-order valence-electron chi connectivity index (χ2n) is 13.2. The van der Waals surface area contributed by atoms with Gasteiger partial charge in [-0.25, -0.2) is 0 Å². The summed E-state index contributed by atoms with van der Waals surface area (Å²) in [5, 5.41) is 2.44. The lowest BCUT2D eigenvalue weighted by Gasteiger charge is -2.41. The molecule has 0 bridgehead atoms. The van der Waals surface area contributed by atoms with Gasteiger partial charge in [-0.05, 0) is 124 Å². The molecule has 2 aromatic rings. The maximum Gasteiger partial charge on any atom is -0.00660 e. The zero-order valence-electron chi connectivity index (χ0n) is 24.7. The van der Waals surface area contributed by atoms with Gasteiger partial charge in [0.05, 0.1) is 0 Å². The van der Waals surface area contributed by atoms with E-state index in [0.717, 1.165) is 0 Å². The summed E-state index contributed by atoms with van der Waals surface area (Å²) in [6, 6.07) is 5.09. The Kier molecular flexibility index (Phi) is 7.58. The van der Waals surface area contributed by atoms with E-state index in [-0.39, 0.29) is 7.92 Å². The highest BCUT2D eigenvalue weighted by atomic mass is 31.1. The Morgan fingerprint density at radius 2 is 1.00 bits per heavy atom. The first-order valence-corrected chi connectivity index (χ1v) is 15.0. The van der Waals surface area contributed by atoms with Crippen molar-refractivity contribution in [3.05, 3.63) is 51.1 Å². The van der Waals surface area contributed by atoms with E-state index in [2.05, 4.69) is 109 Å². The summed E-state index contributed by atoms with van der Waals surface area (Å²) in [6.45, 7) is 34.0. The normalized spacial score (nSPS) is 18.0. The Hall–Kier alpha value is -1.13. The SMILES string of the molecule is Cc1c(C)c(C)c(P2C(C)(C)CCC2(C)C)c(-c2c(C(C)C)cc(C(C)C)cc2C(C)C)c1C. The highest BCUT2D eigenvalue weighted by Crippen LogP contribution is 2.69. The van der Waals surface area contributed by atoms with Crippen LogP contribution in [0.5, 0.6) is 0 Å². The summed E-state index contributed by atoms with van der Waals surface area (Å²) < 4.78 is 0. The van der Waals surface area contributed by atoms with Crippen LogP contribution in [-0.2, 0) is 0 Å². The van der Waals surface area contributed by atoms with Gasteiger partial charge in [-0.2, -0.15) is 0 Å². The highest BCUT2D eigenvalue weighted by molar-refractivity contribution is 7.69. The van der Waals surface area contributed by atoms with E-state index in [4.69, 9.17) is 0 Å². The van der Waals surface area contributed by atoms with Crippen LogP contribution in [-0.4, -0.2) is 10.3 Å². The van der Waals surface area contributed by atoms with Crippen molar-refractivity contribution >= 4 is 13.2 Å². The van der Waals surface area contributed by atoms with Crippen LogP contribution in [0.25, 0.3) is 11.1 Å². The van der Waals surface area contributed by atoms with E-state index in [1.807, 2.05) is 0 Å². The average molecular weight is 479 g/mol. The van der Waals surface area contributed by atoms with Crippen molar-refractivity contribution < 1.29 is 0 Å². The molecule has 0 nitrogen and oxygen atoms in total. The summed E-state index contributed by atoms with van der Waals surface area (Å²) in [4.78, 5) is 0. The van der Waals surface area contributed by atoms with Crippen LogP contribution in [0.3, 0.4) is 0 Å². The molecule has 2 aromatic carbocycles. The molecule has 188 valence electrons. The van der Waals surface area contributed by atoms with Gasteiger partial charge in [0.25, 0.3) is 0 Å². The smallest absolute Gasteiger partial charge is 0.00660 e. The van der Waals surface area contributed by atoms with E-state index >= 15 is 0 Å². The molecule has 3 rings (SSSR count). The third-order valence-electron chi connectivity index (χ3n) is 8.82. The lowest BCUT2D eigenvalue weighted by Crippen LogP contribution is -2.30. The molecule has 0 aromatic heterocycles. The molecule has 0 N–H and O–H groups in total. The molecule has 1 heterocycles. The summed E-state index contributed by atoms with van der Waals surface area (Å²) >= 11 is 0. The fourth-order valence-electron chi connectivity index (χ4n) is 6.38. The van der Waals surface area contributed by atoms with E-state index in [0.29, 0.717) is 28.1 Å². The molecule has 0 atom stereocenters. The molecule has 1 aliphatic heterocycles. The standard InChI is InChI=1S/C33H51P/c1-19(2)26-17-27(20(3)4)30(28(18-26)21(5)6)29-24(9)22(7)23(8)25(10)31(29)34-32(11,12)15-16-33(34,13)14/h17-21H,15-16H2,1-14H3. The minimum atomic E-state index is -0.320. The molecule has 0 aliphatic carbocycles. The molecular formula is C33H51P. The van der Waals surface area contributed by atoms with Crippen molar-refractivity contribution in [3.63, 3.8) is 0 Å². The van der Waals surface area contributed by atoms with E-state index in [9.17, 15) is 0 Å². The highest BCUT2D eigenvalue weighted by Gasteiger charge is 2.49. The predicted molar refractivity (Wildman–Crippen MR) is 157 cm³/mol. The summed E-state index contributed by atoms with van der Waals surface area (Å²) in [7, 11) is -0.320. The van der Waals surface area contributed by atoms with Gasteiger partial charge >= 0.3 is 0 Å². The number of hydrogen-bond donors (Lipinski definition) is 0. The average Bonchev–Trinajstić information content (AvgIpc) is 2.95. The maximum atomic E-state index is 2.55. The third kappa shape index (κ3) is 4.54. The van der Waals surface area contributed by atoms with Gasteiger partial charge < -0.3 is 0 Å². The van der Waals surface area contributed by atoms with Crippen molar-refractivity contribution in [2.45, 2.75) is 138 Å². The third-order valence-corrected chi connectivity index (χ3v) is 12.7. The maximum absolute atomic E-state index is 2.55. The van der Waals surface area contributed by atoms with Gasteiger partial charge in [0, 0.05) is 0 Å². The minimum Gasteiger partial charge on any atom is -0.0627 e. The van der Waals surface area contributed by atoms with Crippen LogP contribution < -0.4 is 5.30 Å². The Labute approximate surface area is 213 Å². The van der Waals surface area contributed by atoms with Gasteiger partial charge in [0.1, 0.15) is 0 Å². The second-order valence-corrected chi connectivity index (χ2v) is 16.8. The van der Waals surface area contributed by atoms with E-state index < -0.39 is 0 Å². The summed E-state index contributed by atoms with van der Waals surface area (Å²) in [6.07, 6.45) is 2.66. The fourth-order valence-corrected chi connectivity index (χ4v) is 10.9. The lowest BCUT2D eigenvalue weighted by atomic mass is 9.79. The molecule has 34 heavy (non-hydrogen) atoms. The van der Waals surface area contributed by atoms with Crippen LogP contribution in [0, 0.1) is 27.7 Å². The van der Waals surface area contributed by atoms with Crippen LogP contribution in [0.15, 0.2) is 12.1 Å². The Morgan fingerprint density at radius 3 is 1.38 bits per heavy atom. The fraction of sp³-hybridized carbons (Fsp3) is 0.636. The largest absolute Gasteiger partial charge is 0.0627 e. The Morgan fingerprint density at radius 1 is 0.588 bits per heavy atom. The van der Waals surface area contributed by atoms with Crippen LogP contribution in [0.4, 0.5) is 0 Å². The van der Waals surface area contributed by atoms with Crippen LogP contribution >= 0.6 is 7.92 Å². The monoisotopic (exact) mass is 478 g/mol. The lowest BCUT2D eigenvalue weighted by molar-refractivity contribution is 0.591. The van der Waals surface area contributed by atoms with Gasteiger partial charge in [0.2, 0.25) is 0 Å². The van der Waals surface area contributed by atoms with Crippen LogP contribution in [0.2, 0.25) is 0 Å². The van der Waals surface area contributed by atoms with Crippen molar-refractivity contribution in [2.75, 3.05) is 0 Å². The molecule has 1 heteroatoms. The van der Waals surface area contributed by atoms with Crippen molar-refractivity contribution in [1.82, 2.24) is 0 Å². The molecule has 1 saturated heterocycles. The van der Waals surface area contributed by atoms with Crippen molar-refractivity contribution in [3.8, 4) is 11.1 Å². The zero-order valence-corrected chi connectivity index (χ0v) is 25.6. The summed E-state index contributed by atoms with van der Waals surface area (Å²) in [5.74, 6) is 1.54. The second kappa shape index (κ2) is 9.39. The topological polar surface area (TPSA) is 0 Å². The van der Waals surface area contributed by atoms with E-state index in [1.165, 1.54) is 35.1 Å². The van der Waals surface area contributed by atoms with E-state index in [1.54, 1.807) is 33.1 Å². The van der Waals surface area contributed by atoms with Gasteiger partial charge in [-0.1, -0.05) is 89.3 Å². The van der Waals surface area contributed by atoms with Crippen molar-refractivity contribution in [2.24, 2.45) is 0 Å². The van der Waals surface area contributed by atoms with Gasteiger partial charge in [-0.15, -0.1) is 0 Å². The number of benzene rings is 2. The molecule has 0 saturated carbocycles.